The lowest BCUT2D eigenvalue weighted by molar-refractivity contribution is 0.382. The first-order valence-corrected chi connectivity index (χ1v) is 18.7. The molecule has 50 heavy (non-hydrogen) atoms. The lowest BCUT2D eigenvalue weighted by Gasteiger charge is -2.40. The standard InChI is InChI=1S/C47H38N2S/c1-29-12-6-7-15-34(29)47-30(2)39(28-40(48-47)32-13-4-3-5-14-32)31-20-22-33(23-21-31)49-41-18-10-8-16-37(41)45-35-25-27-44-46(36(35)24-26-42(45)49)38-17-9-11-19-43(38)50-44/h3-11,13-30,39,47-48H,12H2,1-2H3. The molecule has 0 fully saturated rings. The number of fused-ring (bicyclic) bond motifs is 9. The summed E-state index contributed by atoms with van der Waals surface area (Å²) in [6.45, 7) is 4.79. The lowest BCUT2D eigenvalue weighted by Crippen LogP contribution is -2.43. The number of thiophene rings is 1. The van der Waals surface area contributed by atoms with Gasteiger partial charge in [0.15, 0.2) is 0 Å². The van der Waals surface area contributed by atoms with Gasteiger partial charge in [0.25, 0.3) is 0 Å². The first-order valence-electron chi connectivity index (χ1n) is 17.9. The van der Waals surface area contributed by atoms with Crippen LogP contribution in [-0.4, -0.2) is 10.6 Å². The average Bonchev–Trinajstić information content (AvgIpc) is 3.72. The molecule has 8 aromatic rings. The van der Waals surface area contributed by atoms with Crippen molar-refractivity contribution >= 4 is 69.8 Å². The van der Waals surface area contributed by atoms with E-state index >= 15 is 0 Å². The van der Waals surface area contributed by atoms with E-state index in [1.54, 1.807) is 0 Å². The van der Waals surface area contributed by atoms with Crippen molar-refractivity contribution in [2.45, 2.75) is 32.2 Å². The first-order chi connectivity index (χ1) is 24.6. The monoisotopic (exact) mass is 662 g/mol. The second-order valence-electron chi connectivity index (χ2n) is 14.2. The number of hydrogen-bond acceptors (Lipinski definition) is 2. The highest BCUT2D eigenvalue weighted by Crippen LogP contribution is 2.44. The van der Waals surface area contributed by atoms with Crippen LogP contribution in [0, 0.1) is 11.8 Å². The Labute approximate surface area is 296 Å². The van der Waals surface area contributed by atoms with Gasteiger partial charge in [0.2, 0.25) is 0 Å². The quantitative estimate of drug-likeness (QED) is 0.198. The molecule has 0 spiro atoms. The second kappa shape index (κ2) is 11.6. The van der Waals surface area contributed by atoms with E-state index < -0.39 is 0 Å². The summed E-state index contributed by atoms with van der Waals surface area (Å²) >= 11 is 1.89. The minimum absolute atomic E-state index is 0.275. The zero-order chi connectivity index (χ0) is 33.3. The fourth-order valence-corrected chi connectivity index (χ4v) is 9.98. The van der Waals surface area contributed by atoms with Gasteiger partial charge in [0.1, 0.15) is 0 Å². The Morgan fingerprint density at radius 3 is 2.22 bits per heavy atom. The van der Waals surface area contributed by atoms with Crippen LogP contribution in [0.15, 0.2) is 157 Å². The van der Waals surface area contributed by atoms with Crippen LogP contribution in [0.1, 0.15) is 37.3 Å². The van der Waals surface area contributed by atoms with Crippen molar-refractivity contribution in [3.63, 3.8) is 0 Å². The van der Waals surface area contributed by atoms with Crippen LogP contribution in [0.3, 0.4) is 0 Å². The highest BCUT2D eigenvalue weighted by atomic mass is 32.1. The van der Waals surface area contributed by atoms with Crippen molar-refractivity contribution in [3.05, 3.63) is 168 Å². The Hall–Kier alpha value is -5.38. The smallest absolute Gasteiger partial charge is 0.0547 e. The molecule has 0 bridgehead atoms. The number of hydrogen-bond donors (Lipinski definition) is 1. The molecule has 10 rings (SSSR count). The third-order valence-corrected chi connectivity index (χ3v) is 12.5. The number of nitrogens with one attached hydrogen (secondary N) is 1. The summed E-state index contributed by atoms with van der Waals surface area (Å²) in [7, 11) is 0. The normalized spacial score (nSPS) is 20.8. The van der Waals surface area contributed by atoms with Crippen molar-refractivity contribution in [1.29, 1.82) is 0 Å². The maximum atomic E-state index is 3.98. The summed E-state index contributed by atoms with van der Waals surface area (Å²) in [4.78, 5) is 0. The van der Waals surface area contributed by atoms with Crippen LogP contribution in [0.2, 0.25) is 0 Å². The number of rotatable bonds is 4. The van der Waals surface area contributed by atoms with E-state index in [4.69, 9.17) is 0 Å². The topological polar surface area (TPSA) is 17.0 Å². The highest BCUT2D eigenvalue weighted by molar-refractivity contribution is 7.26. The number of allylic oxidation sites excluding steroid dienone is 4. The molecule has 2 aromatic heterocycles. The Kier molecular flexibility index (Phi) is 6.86. The maximum Gasteiger partial charge on any atom is 0.0547 e. The fraction of sp³-hybridized carbons (Fsp3) is 0.149. The van der Waals surface area contributed by atoms with Crippen LogP contribution in [0.5, 0.6) is 0 Å². The maximum absolute atomic E-state index is 3.98. The van der Waals surface area contributed by atoms with Gasteiger partial charge in [-0.2, -0.15) is 0 Å². The van der Waals surface area contributed by atoms with Crippen LogP contribution in [0.4, 0.5) is 0 Å². The van der Waals surface area contributed by atoms with E-state index in [-0.39, 0.29) is 12.0 Å². The molecule has 4 unspecified atom stereocenters. The van der Waals surface area contributed by atoms with Gasteiger partial charge < -0.3 is 9.88 Å². The van der Waals surface area contributed by atoms with E-state index in [2.05, 4.69) is 175 Å². The average molecular weight is 663 g/mol. The molecule has 0 saturated heterocycles. The van der Waals surface area contributed by atoms with Crippen LogP contribution in [-0.2, 0) is 0 Å². The molecule has 3 heterocycles. The van der Waals surface area contributed by atoms with Gasteiger partial charge in [0.05, 0.1) is 17.1 Å². The van der Waals surface area contributed by atoms with E-state index in [1.165, 1.54) is 80.8 Å². The molecule has 2 aliphatic rings. The molecule has 0 amide bonds. The number of aromatic nitrogens is 1. The van der Waals surface area contributed by atoms with Gasteiger partial charge in [-0.3, -0.25) is 0 Å². The van der Waals surface area contributed by atoms with Crippen LogP contribution in [0.25, 0.3) is 64.1 Å². The summed E-state index contributed by atoms with van der Waals surface area (Å²) in [5.74, 6) is 1.21. The molecule has 2 nitrogen and oxygen atoms in total. The summed E-state index contributed by atoms with van der Waals surface area (Å²) < 4.78 is 5.16. The summed E-state index contributed by atoms with van der Waals surface area (Å²) in [5, 5.41) is 12.0. The van der Waals surface area contributed by atoms with Crippen LogP contribution >= 0.6 is 11.3 Å². The zero-order valence-corrected chi connectivity index (χ0v) is 29.1. The minimum Gasteiger partial charge on any atom is -0.378 e. The lowest BCUT2D eigenvalue weighted by atomic mass is 9.73. The third-order valence-electron chi connectivity index (χ3n) is 11.4. The minimum atomic E-state index is 0.275. The van der Waals surface area contributed by atoms with Gasteiger partial charge in [-0.05, 0) is 82.1 Å². The highest BCUT2D eigenvalue weighted by Gasteiger charge is 2.35. The fourth-order valence-electron chi connectivity index (χ4n) is 8.86. The van der Waals surface area contributed by atoms with Crippen molar-refractivity contribution in [2.24, 2.45) is 11.8 Å². The summed E-state index contributed by atoms with van der Waals surface area (Å²) in [6.07, 6.45) is 10.5. The van der Waals surface area contributed by atoms with Crippen molar-refractivity contribution in [3.8, 4) is 5.69 Å². The van der Waals surface area contributed by atoms with E-state index in [1.807, 2.05) is 11.3 Å². The van der Waals surface area contributed by atoms with E-state index in [9.17, 15) is 0 Å². The van der Waals surface area contributed by atoms with Gasteiger partial charge in [-0.15, -0.1) is 11.3 Å². The molecular formula is C47H38N2S. The molecule has 3 heteroatoms. The number of nitrogens with zero attached hydrogens (tertiary/aromatic N) is 1. The van der Waals surface area contributed by atoms with Gasteiger partial charge in [-0.1, -0.05) is 129 Å². The zero-order valence-electron chi connectivity index (χ0n) is 28.3. The molecule has 6 aromatic carbocycles. The molecule has 1 aliphatic heterocycles. The van der Waals surface area contributed by atoms with E-state index in [0.29, 0.717) is 11.8 Å². The first kappa shape index (κ1) is 29.5. The van der Waals surface area contributed by atoms with Crippen molar-refractivity contribution < 1.29 is 0 Å². The molecule has 1 aliphatic carbocycles. The Balaban J connectivity index is 1.11. The summed E-state index contributed by atoms with van der Waals surface area (Å²) in [5.41, 5.74) is 9.03. The second-order valence-corrected chi connectivity index (χ2v) is 15.3. The SMILES string of the molecule is CC1CC=CC=C1C1NC(c2ccccc2)=CC(c2ccc(-n3c4ccccc4c4c5ccc6sc7ccccc7c6c5ccc43)cc2)C1C. The summed E-state index contributed by atoms with van der Waals surface area (Å²) in [6, 6.07) is 47.6. The largest absolute Gasteiger partial charge is 0.378 e. The molecular weight excluding hydrogens is 625 g/mol. The van der Waals surface area contributed by atoms with Crippen molar-refractivity contribution in [2.75, 3.05) is 0 Å². The predicted molar refractivity (Wildman–Crippen MR) is 215 cm³/mol. The number of benzene rings is 6. The third kappa shape index (κ3) is 4.53. The van der Waals surface area contributed by atoms with E-state index in [0.717, 1.165) is 6.42 Å². The molecule has 242 valence electrons. The molecule has 0 radical (unpaired) electrons. The van der Waals surface area contributed by atoms with Crippen molar-refractivity contribution in [1.82, 2.24) is 9.88 Å². The van der Waals surface area contributed by atoms with Gasteiger partial charge in [0, 0.05) is 48.2 Å². The number of para-hydroxylation sites is 1. The van der Waals surface area contributed by atoms with Gasteiger partial charge in [-0.25, -0.2) is 0 Å². The van der Waals surface area contributed by atoms with Gasteiger partial charge >= 0.3 is 0 Å². The van der Waals surface area contributed by atoms with Crippen LogP contribution < -0.4 is 5.32 Å². The predicted octanol–water partition coefficient (Wildman–Crippen LogP) is 12.6. The molecule has 0 saturated carbocycles. The Morgan fingerprint density at radius 1 is 0.640 bits per heavy atom. The Morgan fingerprint density at radius 2 is 1.38 bits per heavy atom. The molecule has 1 N–H and O–H groups in total. The molecule has 4 atom stereocenters. The Bertz CT molecular complexity index is 2690.